The Bertz CT molecular complexity index is 896. The molecule has 1 N–H and O–H groups in total. The Hall–Kier alpha value is -2.89. The quantitative estimate of drug-likeness (QED) is 0.838. The van der Waals surface area contributed by atoms with Crippen LogP contribution in [0.3, 0.4) is 0 Å². The lowest BCUT2D eigenvalue weighted by atomic mass is 10.1. The molecular formula is C22H25N3O3. The van der Waals surface area contributed by atoms with Crippen LogP contribution < -0.4 is 15.0 Å². The largest absolute Gasteiger partial charge is 0.478 e. The molecule has 0 radical (unpaired) electrons. The fourth-order valence-corrected chi connectivity index (χ4v) is 4.01. The molecule has 28 heavy (non-hydrogen) atoms. The number of carbonyl (C=O) groups is 2. The number of rotatable bonds is 6. The summed E-state index contributed by atoms with van der Waals surface area (Å²) in [4.78, 5) is 31.1. The van der Waals surface area contributed by atoms with Gasteiger partial charge in [-0.05, 0) is 55.5 Å². The average molecular weight is 379 g/mol. The summed E-state index contributed by atoms with van der Waals surface area (Å²) in [6.07, 6.45) is 5.28. The normalized spacial score (nSPS) is 18.2. The van der Waals surface area contributed by atoms with Gasteiger partial charge in [0.05, 0.1) is 12.5 Å². The van der Waals surface area contributed by atoms with Gasteiger partial charge in [0, 0.05) is 37.0 Å². The minimum absolute atomic E-state index is 0.00878. The van der Waals surface area contributed by atoms with Gasteiger partial charge >= 0.3 is 0 Å². The molecule has 2 aromatic rings. The standard InChI is InChI=1S/C22H25N3O3/c1-2-28-22-17(7-4-10-23-22)13-24-21(27)18-12-20(26)25(14-18)19-9-8-15-5-3-6-16(15)11-19/h4,7-11,18H,2-3,5-6,12-14H2,1H3,(H,24,27). The van der Waals surface area contributed by atoms with Crippen LogP contribution in [0.1, 0.15) is 36.5 Å². The van der Waals surface area contributed by atoms with Crippen molar-refractivity contribution in [2.24, 2.45) is 5.92 Å². The number of aromatic nitrogens is 1. The highest BCUT2D eigenvalue weighted by molar-refractivity contribution is 6.00. The van der Waals surface area contributed by atoms with Crippen molar-refractivity contribution in [3.8, 4) is 5.88 Å². The molecule has 2 aliphatic rings. The molecule has 146 valence electrons. The Morgan fingerprint density at radius 3 is 3.00 bits per heavy atom. The summed E-state index contributed by atoms with van der Waals surface area (Å²) < 4.78 is 5.50. The number of hydrogen-bond acceptors (Lipinski definition) is 4. The van der Waals surface area contributed by atoms with Gasteiger partial charge in [-0.2, -0.15) is 0 Å². The van der Waals surface area contributed by atoms with E-state index in [-0.39, 0.29) is 24.2 Å². The van der Waals surface area contributed by atoms with Gasteiger partial charge in [0.25, 0.3) is 0 Å². The van der Waals surface area contributed by atoms with Crippen LogP contribution in [0.5, 0.6) is 5.88 Å². The lowest BCUT2D eigenvalue weighted by Crippen LogP contribution is -2.32. The maximum atomic E-state index is 12.6. The van der Waals surface area contributed by atoms with Crippen LogP contribution in [-0.4, -0.2) is 29.9 Å². The smallest absolute Gasteiger partial charge is 0.227 e. The number of anilines is 1. The molecule has 0 spiro atoms. The van der Waals surface area contributed by atoms with Crippen molar-refractivity contribution in [3.63, 3.8) is 0 Å². The molecule has 6 nitrogen and oxygen atoms in total. The first-order valence-electron chi connectivity index (χ1n) is 9.92. The van der Waals surface area contributed by atoms with Gasteiger partial charge in [-0.1, -0.05) is 12.1 Å². The van der Waals surface area contributed by atoms with E-state index in [0.29, 0.717) is 25.6 Å². The molecule has 0 saturated carbocycles. The zero-order chi connectivity index (χ0) is 19.5. The molecule has 0 bridgehead atoms. The van der Waals surface area contributed by atoms with Crippen LogP contribution in [0.25, 0.3) is 0 Å². The van der Waals surface area contributed by atoms with Gasteiger partial charge in [-0.15, -0.1) is 0 Å². The lowest BCUT2D eigenvalue weighted by Gasteiger charge is -2.18. The second-order valence-corrected chi connectivity index (χ2v) is 7.33. The van der Waals surface area contributed by atoms with Crippen molar-refractivity contribution in [2.45, 2.75) is 39.2 Å². The number of aryl methyl sites for hydroxylation is 2. The molecule has 2 heterocycles. The Balaban J connectivity index is 1.39. The molecule has 1 aromatic heterocycles. The van der Waals surface area contributed by atoms with E-state index >= 15 is 0 Å². The van der Waals surface area contributed by atoms with Crippen LogP contribution in [0.2, 0.25) is 0 Å². The van der Waals surface area contributed by atoms with Crippen molar-refractivity contribution in [1.82, 2.24) is 10.3 Å². The molecule has 2 amide bonds. The van der Waals surface area contributed by atoms with Gasteiger partial charge in [-0.3, -0.25) is 9.59 Å². The first-order valence-corrected chi connectivity index (χ1v) is 9.92. The van der Waals surface area contributed by atoms with E-state index in [4.69, 9.17) is 4.74 Å². The SMILES string of the molecule is CCOc1ncccc1CNC(=O)C1CC(=O)N(c2ccc3c(c2)CCC3)C1. The van der Waals surface area contributed by atoms with Gasteiger partial charge in [0.2, 0.25) is 17.7 Å². The number of fused-ring (bicyclic) bond motifs is 1. The minimum Gasteiger partial charge on any atom is -0.478 e. The second-order valence-electron chi connectivity index (χ2n) is 7.33. The summed E-state index contributed by atoms with van der Waals surface area (Å²) in [6.45, 7) is 3.18. The van der Waals surface area contributed by atoms with Crippen LogP contribution in [0.15, 0.2) is 36.5 Å². The predicted molar refractivity (Wildman–Crippen MR) is 106 cm³/mol. The summed E-state index contributed by atoms with van der Waals surface area (Å²) in [5.74, 6) is 0.0957. The number of hydrogen-bond donors (Lipinski definition) is 1. The maximum absolute atomic E-state index is 12.6. The number of pyridine rings is 1. The van der Waals surface area contributed by atoms with Crippen molar-refractivity contribution in [2.75, 3.05) is 18.1 Å². The third-order valence-electron chi connectivity index (χ3n) is 5.47. The Labute approximate surface area is 164 Å². The summed E-state index contributed by atoms with van der Waals surface area (Å²) in [6, 6.07) is 9.94. The van der Waals surface area contributed by atoms with Crippen molar-refractivity contribution < 1.29 is 14.3 Å². The maximum Gasteiger partial charge on any atom is 0.227 e. The van der Waals surface area contributed by atoms with Crippen molar-refractivity contribution in [1.29, 1.82) is 0 Å². The summed E-state index contributed by atoms with van der Waals surface area (Å²) in [5, 5.41) is 2.94. The summed E-state index contributed by atoms with van der Waals surface area (Å²) in [5.41, 5.74) is 4.45. The number of amides is 2. The zero-order valence-corrected chi connectivity index (χ0v) is 16.1. The number of carbonyl (C=O) groups excluding carboxylic acids is 2. The van der Waals surface area contributed by atoms with Gasteiger partial charge in [-0.25, -0.2) is 4.98 Å². The molecule has 1 aliphatic carbocycles. The third kappa shape index (κ3) is 3.72. The van der Waals surface area contributed by atoms with E-state index in [0.717, 1.165) is 24.1 Å². The topological polar surface area (TPSA) is 71.5 Å². The van der Waals surface area contributed by atoms with Gasteiger partial charge in [0.15, 0.2) is 0 Å². The summed E-state index contributed by atoms with van der Waals surface area (Å²) >= 11 is 0. The van der Waals surface area contributed by atoms with E-state index in [1.807, 2.05) is 25.1 Å². The fourth-order valence-electron chi connectivity index (χ4n) is 4.01. The highest BCUT2D eigenvalue weighted by Crippen LogP contribution is 2.30. The number of ether oxygens (including phenoxy) is 1. The molecule has 1 aromatic carbocycles. The van der Waals surface area contributed by atoms with Crippen LogP contribution in [-0.2, 0) is 29.0 Å². The van der Waals surface area contributed by atoms with E-state index in [1.54, 1.807) is 11.1 Å². The van der Waals surface area contributed by atoms with E-state index in [2.05, 4.69) is 22.4 Å². The van der Waals surface area contributed by atoms with E-state index < -0.39 is 0 Å². The lowest BCUT2D eigenvalue weighted by molar-refractivity contribution is -0.126. The molecule has 6 heteroatoms. The fraction of sp³-hybridized carbons (Fsp3) is 0.409. The number of nitrogens with one attached hydrogen (secondary N) is 1. The zero-order valence-electron chi connectivity index (χ0n) is 16.1. The first-order chi connectivity index (χ1) is 13.7. The molecule has 1 aliphatic heterocycles. The molecular weight excluding hydrogens is 354 g/mol. The van der Waals surface area contributed by atoms with E-state index in [1.165, 1.54) is 17.5 Å². The highest BCUT2D eigenvalue weighted by atomic mass is 16.5. The molecule has 4 rings (SSSR count). The minimum atomic E-state index is -0.340. The van der Waals surface area contributed by atoms with Crippen LogP contribution in [0, 0.1) is 5.92 Å². The third-order valence-corrected chi connectivity index (χ3v) is 5.47. The van der Waals surface area contributed by atoms with Gasteiger partial charge in [0.1, 0.15) is 0 Å². The van der Waals surface area contributed by atoms with Crippen molar-refractivity contribution in [3.05, 3.63) is 53.2 Å². The monoisotopic (exact) mass is 379 g/mol. The van der Waals surface area contributed by atoms with E-state index in [9.17, 15) is 9.59 Å². The highest BCUT2D eigenvalue weighted by Gasteiger charge is 2.35. The predicted octanol–water partition coefficient (Wildman–Crippen LogP) is 2.64. The average Bonchev–Trinajstić information content (AvgIpc) is 3.33. The number of benzene rings is 1. The van der Waals surface area contributed by atoms with Crippen LogP contribution in [0.4, 0.5) is 5.69 Å². The molecule has 1 fully saturated rings. The summed E-state index contributed by atoms with van der Waals surface area (Å²) in [7, 11) is 0. The first kappa shape index (κ1) is 18.5. The molecule has 1 saturated heterocycles. The van der Waals surface area contributed by atoms with Crippen LogP contribution >= 0.6 is 0 Å². The molecule has 1 unspecified atom stereocenters. The number of nitrogens with zero attached hydrogens (tertiary/aromatic N) is 2. The Morgan fingerprint density at radius 1 is 1.29 bits per heavy atom. The Kier molecular flexibility index (Phi) is 5.28. The Morgan fingerprint density at radius 2 is 2.14 bits per heavy atom. The second kappa shape index (κ2) is 8.00. The molecule has 1 atom stereocenters. The van der Waals surface area contributed by atoms with Crippen molar-refractivity contribution >= 4 is 17.5 Å². The van der Waals surface area contributed by atoms with Gasteiger partial charge < -0.3 is 15.0 Å².